The highest BCUT2D eigenvalue weighted by Crippen LogP contribution is 2.30. The molecule has 0 bridgehead atoms. The Morgan fingerprint density at radius 2 is 1.93 bits per heavy atom. The van der Waals surface area contributed by atoms with E-state index in [1.807, 2.05) is 46.7 Å². The first-order valence-electron chi connectivity index (χ1n) is 9.28. The maximum absolute atomic E-state index is 13.0. The summed E-state index contributed by atoms with van der Waals surface area (Å²) in [4.78, 5) is 28.1. The van der Waals surface area contributed by atoms with Gasteiger partial charge in [-0.1, -0.05) is 35.5 Å². The number of benzene rings is 1. The van der Waals surface area contributed by atoms with Crippen molar-refractivity contribution in [3.8, 4) is 11.1 Å². The van der Waals surface area contributed by atoms with Crippen LogP contribution in [-0.4, -0.2) is 35.0 Å². The molecule has 1 fully saturated rings. The number of likely N-dealkylation sites (tertiary alicyclic amines) is 1. The van der Waals surface area contributed by atoms with Gasteiger partial charge in [-0.05, 0) is 36.8 Å². The highest BCUT2D eigenvalue weighted by Gasteiger charge is 2.29. The van der Waals surface area contributed by atoms with E-state index in [0.29, 0.717) is 37.5 Å². The quantitative estimate of drug-likeness (QED) is 0.718. The lowest BCUT2D eigenvalue weighted by molar-refractivity contribution is -0.121. The fraction of sp³-hybridized carbons (Fsp3) is 0.286. The van der Waals surface area contributed by atoms with Crippen molar-refractivity contribution in [2.24, 2.45) is 5.92 Å². The van der Waals surface area contributed by atoms with Gasteiger partial charge >= 0.3 is 0 Å². The molecular weight excluding hydrogens is 374 g/mol. The number of rotatable bonds is 4. The van der Waals surface area contributed by atoms with Crippen LogP contribution in [0.5, 0.6) is 0 Å². The molecule has 0 saturated carbocycles. The lowest BCUT2D eigenvalue weighted by Crippen LogP contribution is -2.41. The monoisotopic (exact) mass is 395 g/mol. The van der Waals surface area contributed by atoms with Crippen LogP contribution >= 0.6 is 11.3 Å². The molecule has 7 heteroatoms. The van der Waals surface area contributed by atoms with Crippen molar-refractivity contribution < 1.29 is 14.1 Å². The van der Waals surface area contributed by atoms with Gasteiger partial charge in [0, 0.05) is 30.6 Å². The molecule has 0 atom stereocenters. The van der Waals surface area contributed by atoms with E-state index in [9.17, 15) is 9.59 Å². The van der Waals surface area contributed by atoms with E-state index in [2.05, 4.69) is 10.5 Å². The van der Waals surface area contributed by atoms with Crippen LogP contribution in [0.3, 0.4) is 0 Å². The molecule has 6 nitrogen and oxygen atoms in total. The van der Waals surface area contributed by atoms with Crippen molar-refractivity contribution in [2.45, 2.75) is 19.8 Å². The molecule has 2 amide bonds. The first kappa shape index (κ1) is 18.4. The molecule has 144 valence electrons. The molecule has 0 aliphatic carbocycles. The van der Waals surface area contributed by atoms with Crippen molar-refractivity contribution >= 4 is 29.0 Å². The van der Waals surface area contributed by atoms with Crippen molar-refractivity contribution in [1.29, 1.82) is 0 Å². The number of aromatic nitrogens is 1. The van der Waals surface area contributed by atoms with Crippen LogP contribution in [0.4, 0.5) is 5.82 Å². The summed E-state index contributed by atoms with van der Waals surface area (Å²) in [5, 5.41) is 8.54. The maximum Gasteiger partial charge on any atom is 0.264 e. The van der Waals surface area contributed by atoms with Crippen molar-refractivity contribution in [2.75, 3.05) is 18.4 Å². The standard InChI is InChI=1S/C21H21N3O3S/c1-14-13-18(23-27-14)22-20(25)16-7-10-24(11-8-16)21(26)19-17(9-12-28-19)15-5-3-2-4-6-15/h2-6,9,12-13,16H,7-8,10-11H2,1H3,(H,22,23,25). The van der Waals surface area contributed by atoms with Gasteiger partial charge in [-0.25, -0.2) is 0 Å². The summed E-state index contributed by atoms with van der Waals surface area (Å²) < 4.78 is 4.97. The topological polar surface area (TPSA) is 75.4 Å². The van der Waals surface area contributed by atoms with Gasteiger partial charge in [0.05, 0.1) is 4.88 Å². The molecule has 1 aliphatic rings. The van der Waals surface area contributed by atoms with Gasteiger partial charge in [-0.2, -0.15) is 0 Å². The van der Waals surface area contributed by atoms with Gasteiger partial charge in [-0.15, -0.1) is 11.3 Å². The summed E-state index contributed by atoms with van der Waals surface area (Å²) in [6.45, 7) is 2.92. The van der Waals surface area contributed by atoms with Gasteiger partial charge in [0.1, 0.15) is 5.76 Å². The van der Waals surface area contributed by atoms with Crippen molar-refractivity contribution in [3.63, 3.8) is 0 Å². The Balaban J connectivity index is 1.38. The maximum atomic E-state index is 13.0. The molecule has 4 rings (SSSR count). The fourth-order valence-corrected chi connectivity index (χ4v) is 4.34. The summed E-state index contributed by atoms with van der Waals surface area (Å²) in [7, 11) is 0. The second kappa shape index (κ2) is 7.98. The number of nitrogens with one attached hydrogen (secondary N) is 1. The molecule has 0 unspecified atom stereocenters. The molecule has 3 aromatic rings. The van der Waals surface area contributed by atoms with Gasteiger partial charge in [0.2, 0.25) is 5.91 Å². The summed E-state index contributed by atoms with van der Waals surface area (Å²) in [6.07, 6.45) is 1.28. The Hall–Kier alpha value is -2.93. The second-order valence-electron chi connectivity index (χ2n) is 6.91. The third-order valence-electron chi connectivity index (χ3n) is 4.98. The van der Waals surface area contributed by atoms with E-state index in [1.54, 1.807) is 13.0 Å². The SMILES string of the molecule is Cc1cc(NC(=O)C2CCN(C(=O)c3sccc3-c3ccccc3)CC2)no1. The molecule has 0 radical (unpaired) electrons. The van der Waals surface area contributed by atoms with Gasteiger partial charge < -0.3 is 14.7 Å². The normalized spacial score (nSPS) is 14.8. The van der Waals surface area contributed by atoms with Crippen LogP contribution in [0, 0.1) is 12.8 Å². The molecule has 28 heavy (non-hydrogen) atoms. The van der Waals surface area contributed by atoms with Crippen LogP contribution in [-0.2, 0) is 4.79 Å². The van der Waals surface area contributed by atoms with Crippen LogP contribution in [0.15, 0.2) is 52.4 Å². The fourth-order valence-electron chi connectivity index (χ4n) is 3.46. The second-order valence-corrected chi connectivity index (χ2v) is 7.82. The Morgan fingerprint density at radius 1 is 1.18 bits per heavy atom. The predicted molar refractivity (Wildman–Crippen MR) is 108 cm³/mol. The van der Waals surface area contributed by atoms with E-state index >= 15 is 0 Å². The minimum Gasteiger partial charge on any atom is -0.360 e. The number of amides is 2. The Bertz CT molecular complexity index is 972. The highest BCUT2D eigenvalue weighted by molar-refractivity contribution is 7.12. The molecule has 1 saturated heterocycles. The smallest absolute Gasteiger partial charge is 0.264 e. The Kier molecular flexibility index (Phi) is 5.25. The molecule has 1 aromatic carbocycles. The third-order valence-corrected chi connectivity index (χ3v) is 5.88. The summed E-state index contributed by atoms with van der Waals surface area (Å²) in [6, 6.07) is 13.6. The van der Waals surface area contributed by atoms with E-state index in [0.717, 1.165) is 16.0 Å². The highest BCUT2D eigenvalue weighted by atomic mass is 32.1. The van der Waals surface area contributed by atoms with E-state index in [1.165, 1.54) is 11.3 Å². The Morgan fingerprint density at radius 3 is 2.61 bits per heavy atom. The van der Waals surface area contributed by atoms with Gasteiger partial charge in [-0.3, -0.25) is 9.59 Å². The zero-order valence-electron chi connectivity index (χ0n) is 15.6. The number of aryl methyl sites for hydroxylation is 1. The van der Waals surface area contributed by atoms with Crippen molar-refractivity contribution in [3.05, 3.63) is 58.5 Å². The lowest BCUT2D eigenvalue weighted by atomic mass is 9.95. The number of thiophene rings is 1. The number of piperidine rings is 1. The first-order valence-corrected chi connectivity index (χ1v) is 10.2. The number of anilines is 1. The van der Waals surface area contributed by atoms with Crippen LogP contribution in [0.1, 0.15) is 28.3 Å². The predicted octanol–water partition coefficient (Wildman–Crippen LogP) is 4.20. The summed E-state index contributed by atoms with van der Waals surface area (Å²) in [5.74, 6) is 0.937. The molecule has 1 N–H and O–H groups in total. The number of hydrogen-bond acceptors (Lipinski definition) is 5. The summed E-state index contributed by atoms with van der Waals surface area (Å²) >= 11 is 1.47. The number of carbonyl (C=O) groups excluding carboxylic acids is 2. The lowest BCUT2D eigenvalue weighted by Gasteiger charge is -2.31. The van der Waals surface area contributed by atoms with E-state index < -0.39 is 0 Å². The minimum atomic E-state index is -0.127. The molecular formula is C21H21N3O3S. The first-order chi connectivity index (χ1) is 13.6. The zero-order chi connectivity index (χ0) is 19.5. The average molecular weight is 395 g/mol. The van der Waals surface area contributed by atoms with Gasteiger partial charge in [0.25, 0.3) is 5.91 Å². The number of nitrogens with zero attached hydrogens (tertiary/aromatic N) is 2. The zero-order valence-corrected chi connectivity index (χ0v) is 16.4. The molecule has 0 spiro atoms. The van der Waals surface area contributed by atoms with E-state index in [-0.39, 0.29) is 17.7 Å². The van der Waals surface area contributed by atoms with E-state index in [4.69, 9.17) is 4.52 Å². The number of hydrogen-bond donors (Lipinski definition) is 1. The van der Waals surface area contributed by atoms with Gasteiger partial charge in [0.15, 0.2) is 5.82 Å². The van der Waals surface area contributed by atoms with Crippen LogP contribution in [0.25, 0.3) is 11.1 Å². The van der Waals surface area contributed by atoms with Crippen LogP contribution in [0.2, 0.25) is 0 Å². The molecule has 2 aromatic heterocycles. The molecule has 3 heterocycles. The Labute approximate surface area is 167 Å². The average Bonchev–Trinajstić information content (AvgIpc) is 3.37. The largest absolute Gasteiger partial charge is 0.360 e. The van der Waals surface area contributed by atoms with Crippen molar-refractivity contribution in [1.82, 2.24) is 10.1 Å². The summed E-state index contributed by atoms with van der Waals surface area (Å²) in [5.41, 5.74) is 2.01. The van der Waals surface area contributed by atoms with Crippen LogP contribution < -0.4 is 5.32 Å². The number of carbonyl (C=O) groups is 2. The molecule has 1 aliphatic heterocycles. The third kappa shape index (κ3) is 3.84. The minimum absolute atomic E-state index is 0.0415.